The van der Waals surface area contributed by atoms with Gasteiger partial charge in [-0.1, -0.05) is 103 Å². The van der Waals surface area contributed by atoms with Crippen LogP contribution in [-0.4, -0.2) is 11.4 Å². The molecule has 0 radical (unpaired) electrons. The summed E-state index contributed by atoms with van der Waals surface area (Å²) >= 11 is 0. The summed E-state index contributed by atoms with van der Waals surface area (Å²) in [6, 6.07) is 0. The first-order valence-electron chi connectivity index (χ1n) is 9.92. The predicted octanol–water partition coefficient (Wildman–Crippen LogP) is 6.51. The second-order valence-electron chi connectivity index (χ2n) is 6.65. The Kier molecular flexibility index (Phi) is 17.8. The zero-order valence-corrected chi connectivity index (χ0v) is 15.4. The van der Waals surface area contributed by atoms with Crippen LogP contribution < -0.4 is 0 Å². The van der Waals surface area contributed by atoms with Crippen molar-refractivity contribution in [3.8, 4) is 12.4 Å². The maximum Gasteiger partial charge on any atom is 0.193 e. The van der Waals surface area contributed by atoms with Gasteiger partial charge in [0, 0.05) is 6.54 Å². The quantitative estimate of drug-likeness (QED) is 0.174. The minimum absolute atomic E-state index is 0.589. The average Bonchev–Trinajstić information content (AvgIpc) is 2.58. The van der Waals surface area contributed by atoms with Gasteiger partial charge in [-0.25, -0.2) is 4.90 Å². The van der Waals surface area contributed by atoms with Gasteiger partial charge in [-0.2, -0.15) is 10.5 Å². The molecular formula is C20H37N3. The maximum absolute atomic E-state index is 8.60. The fourth-order valence-electron chi connectivity index (χ4n) is 2.94. The van der Waals surface area contributed by atoms with Crippen molar-refractivity contribution in [1.29, 1.82) is 10.5 Å². The van der Waals surface area contributed by atoms with E-state index in [-0.39, 0.29) is 0 Å². The highest BCUT2D eigenvalue weighted by Crippen LogP contribution is 2.13. The van der Waals surface area contributed by atoms with E-state index in [0.717, 1.165) is 17.7 Å². The van der Waals surface area contributed by atoms with Gasteiger partial charge in [0.2, 0.25) is 0 Å². The summed E-state index contributed by atoms with van der Waals surface area (Å²) in [4.78, 5) is 1.16. The van der Waals surface area contributed by atoms with Crippen molar-refractivity contribution in [2.24, 2.45) is 0 Å². The Hall–Kier alpha value is -1.22. The van der Waals surface area contributed by atoms with E-state index in [1.807, 2.05) is 12.4 Å². The van der Waals surface area contributed by atoms with Crippen LogP contribution in [-0.2, 0) is 0 Å². The first-order chi connectivity index (χ1) is 11.3. The molecule has 0 aliphatic heterocycles. The smallest absolute Gasteiger partial charge is 0.193 e. The highest BCUT2D eigenvalue weighted by Gasteiger charge is 1.98. The van der Waals surface area contributed by atoms with E-state index >= 15 is 0 Å². The number of nitriles is 2. The van der Waals surface area contributed by atoms with E-state index < -0.39 is 0 Å². The monoisotopic (exact) mass is 319 g/mol. The topological polar surface area (TPSA) is 50.8 Å². The van der Waals surface area contributed by atoms with E-state index in [9.17, 15) is 0 Å². The van der Waals surface area contributed by atoms with Gasteiger partial charge < -0.3 is 0 Å². The Bertz CT molecular complexity index is 300. The van der Waals surface area contributed by atoms with Gasteiger partial charge in [0.1, 0.15) is 0 Å². The summed E-state index contributed by atoms with van der Waals surface area (Å²) < 4.78 is 0. The number of hydrogen-bond donors (Lipinski definition) is 0. The Morgan fingerprint density at radius 3 is 1.13 bits per heavy atom. The van der Waals surface area contributed by atoms with Crippen LogP contribution in [0.2, 0.25) is 0 Å². The summed E-state index contributed by atoms with van der Waals surface area (Å²) in [5.41, 5.74) is 0. The van der Waals surface area contributed by atoms with Crippen LogP contribution in [0.15, 0.2) is 0 Å². The molecule has 3 nitrogen and oxygen atoms in total. The SMILES string of the molecule is CCCCCCCCCCCCCCCCCCN(C#N)C#N. The Labute approximate surface area is 144 Å². The molecule has 0 aromatic heterocycles. The van der Waals surface area contributed by atoms with E-state index in [0.29, 0.717) is 6.54 Å². The van der Waals surface area contributed by atoms with Gasteiger partial charge in [-0.15, -0.1) is 0 Å². The molecule has 0 aliphatic carbocycles. The van der Waals surface area contributed by atoms with Gasteiger partial charge in [-0.05, 0) is 6.42 Å². The average molecular weight is 320 g/mol. The number of hydrogen-bond acceptors (Lipinski definition) is 3. The minimum Gasteiger partial charge on any atom is -0.216 e. The van der Waals surface area contributed by atoms with Crippen molar-refractivity contribution in [3.05, 3.63) is 0 Å². The molecule has 0 aliphatic rings. The summed E-state index contributed by atoms with van der Waals surface area (Å²) in [6.45, 7) is 2.86. The lowest BCUT2D eigenvalue weighted by Gasteiger charge is -2.05. The Balaban J connectivity index is 3.06. The van der Waals surface area contributed by atoms with Crippen LogP contribution in [0.25, 0.3) is 0 Å². The summed E-state index contributed by atoms with van der Waals surface area (Å²) in [6.07, 6.45) is 25.3. The summed E-state index contributed by atoms with van der Waals surface area (Å²) in [7, 11) is 0. The zero-order valence-electron chi connectivity index (χ0n) is 15.4. The first kappa shape index (κ1) is 21.8. The number of nitrogens with zero attached hydrogens (tertiary/aromatic N) is 3. The molecule has 0 N–H and O–H groups in total. The van der Waals surface area contributed by atoms with E-state index in [1.54, 1.807) is 0 Å². The standard InChI is InChI=1S/C20H37N3/c1-2-3-4-5-6-7-8-9-10-11-12-13-14-15-16-17-18-23(19-21)20-22/h2-18H2,1H3. The molecular weight excluding hydrogens is 282 g/mol. The van der Waals surface area contributed by atoms with E-state index in [1.165, 1.54) is 89.9 Å². The number of unbranched alkanes of at least 4 members (excludes halogenated alkanes) is 15. The third-order valence-corrected chi connectivity index (χ3v) is 4.48. The van der Waals surface area contributed by atoms with Crippen molar-refractivity contribution >= 4 is 0 Å². The van der Waals surface area contributed by atoms with Crippen LogP contribution in [0, 0.1) is 22.9 Å². The lowest BCUT2D eigenvalue weighted by Crippen LogP contribution is -2.11. The summed E-state index contributed by atoms with van der Waals surface area (Å²) in [5.74, 6) is 0. The Morgan fingerprint density at radius 1 is 0.522 bits per heavy atom. The normalized spacial score (nSPS) is 10.2. The molecule has 0 spiro atoms. The fourth-order valence-corrected chi connectivity index (χ4v) is 2.94. The van der Waals surface area contributed by atoms with Crippen LogP contribution in [0.4, 0.5) is 0 Å². The van der Waals surface area contributed by atoms with E-state index in [2.05, 4.69) is 6.92 Å². The zero-order chi connectivity index (χ0) is 17.0. The van der Waals surface area contributed by atoms with Crippen molar-refractivity contribution < 1.29 is 0 Å². The number of rotatable bonds is 17. The van der Waals surface area contributed by atoms with Crippen LogP contribution >= 0.6 is 0 Å². The molecule has 0 aromatic carbocycles. The van der Waals surface area contributed by atoms with Crippen molar-refractivity contribution in [1.82, 2.24) is 4.90 Å². The van der Waals surface area contributed by atoms with Gasteiger partial charge in [0.15, 0.2) is 12.4 Å². The first-order valence-corrected chi connectivity index (χ1v) is 9.92. The van der Waals surface area contributed by atoms with Crippen LogP contribution in [0.1, 0.15) is 110 Å². The van der Waals surface area contributed by atoms with Crippen LogP contribution in [0.5, 0.6) is 0 Å². The third-order valence-electron chi connectivity index (χ3n) is 4.48. The molecule has 0 heterocycles. The predicted molar refractivity (Wildman–Crippen MR) is 97.5 cm³/mol. The van der Waals surface area contributed by atoms with Gasteiger partial charge >= 0.3 is 0 Å². The second-order valence-corrected chi connectivity index (χ2v) is 6.65. The molecule has 0 rings (SSSR count). The highest BCUT2D eigenvalue weighted by molar-refractivity contribution is 4.85. The lowest BCUT2D eigenvalue weighted by atomic mass is 10.0. The second kappa shape index (κ2) is 18.8. The molecule has 0 unspecified atom stereocenters. The van der Waals surface area contributed by atoms with Gasteiger partial charge in [0.05, 0.1) is 0 Å². The molecule has 0 amide bonds. The third kappa shape index (κ3) is 17.0. The minimum atomic E-state index is 0.589. The van der Waals surface area contributed by atoms with Gasteiger partial charge in [-0.3, -0.25) is 0 Å². The summed E-state index contributed by atoms with van der Waals surface area (Å²) in [5, 5.41) is 17.2. The molecule has 0 atom stereocenters. The van der Waals surface area contributed by atoms with E-state index in [4.69, 9.17) is 10.5 Å². The molecule has 0 saturated heterocycles. The van der Waals surface area contributed by atoms with Crippen molar-refractivity contribution in [2.45, 2.75) is 110 Å². The molecule has 0 saturated carbocycles. The maximum atomic E-state index is 8.60. The molecule has 23 heavy (non-hydrogen) atoms. The Morgan fingerprint density at radius 2 is 0.826 bits per heavy atom. The molecule has 0 fully saturated rings. The molecule has 3 heteroatoms. The molecule has 132 valence electrons. The van der Waals surface area contributed by atoms with Crippen LogP contribution in [0.3, 0.4) is 0 Å². The molecule has 0 aromatic rings. The lowest BCUT2D eigenvalue weighted by molar-refractivity contribution is 0.486. The fraction of sp³-hybridized carbons (Fsp3) is 0.900. The van der Waals surface area contributed by atoms with Crippen molar-refractivity contribution in [2.75, 3.05) is 6.54 Å². The largest absolute Gasteiger partial charge is 0.216 e. The van der Waals surface area contributed by atoms with Crippen molar-refractivity contribution in [3.63, 3.8) is 0 Å². The highest BCUT2D eigenvalue weighted by atomic mass is 15.1. The van der Waals surface area contributed by atoms with Gasteiger partial charge in [0.25, 0.3) is 0 Å². The molecule has 0 bridgehead atoms.